The van der Waals surface area contributed by atoms with Crippen LogP contribution in [0.15, 0.2) is 0 Å². The maximum Gasteiger partial charge on any atom is 0.409 e. The van der Waals surface area contributed by atoms with Crippen LogP contribution in [0.4, 0.5) is 13.6 Å². The first kappa shape index (κ1) is 22.2. The van der Waals surface area contributed by atoms with Crippen LogP contribution in [0.25, 0.3) is 0 Å². The number of carbonyl (C=O) groups is 1. The minimum atomic E-state index is -2.71. The second-order valence-electron chi connectivity index (χ2n) is 10.6. The lowest BCUT2D eigenvalue weighted by Crippen LogP contribution is -2.57. The molecule has 1 saturated carbocycles. The van der Waals surface area contributed by atoms with Crippen LogP contribution < -0.4 is 0 Å². The van der Waals surface area contributed by atoms with Crippen LogP contribution in [-0.4, -0.2) is 94.9 Å². The van der Waals surface area contributed by atoms with Crippen molar-refractivity contribution < 1.29 is 23.4 Å². The maximum atomic E-state index is 14.1. The van der Waals surface area contributed by atoms with Gasteiger partial charge in [-0.15, -0.1) is 0 Å². The molecule has 1 aliphatic carbocycles. The van der Waals surface area contributed by atoms with Crippen molar-refractivity contribution in [2.24, 2.45) is 5.41 Å². The largest absolute Gasteiger partial charge is 0.450 e. The van der Waals surface area contributed by atoms with Gasteiger partial charge >= 0.3 is 6.09 Å². The minimum absolute atomic E-state index is 0.117. The smallest absolute Gasteiger partial charge is 0.409 e. The molecule has 0 aromatic heterocycles. The van der Waals surface area contributed by atoms with Gasteiger partial charge in [-0.3, -0.25) is 4.90 Å². The second kappa shape index (κ2) is 7.85. The summed E-state index contributed by atoms with van der Waals surface area (Å²) in [5.41, 5.74) is -0.873. The molecule has 4 aliphatic rings. The number of hydrogen-bond donors (Lipinski definition) is 1. The molecule has 4 fully saturated rings. The second-order valence-corrected chi connectivity index (χ2v) is 10.6. The zero-order valence-corrected chi connectivity index (χ0v) is 18.6. The van der Waals surface area contributed by atoms with Gasteiger partial charge in [0.1, 0.15) is 0 Å². The van der Waals surface area contributed by atoms with Gasteiger partial charge in [0.2, 0.25) is 0 Å². The van der Waals surface area contributed by atoms with Gasteiger partial charge in [0.05, 0.1) is 18.8 Å². The maximum absolute atomic E-state index is 14.1. The Hall–Kier alpha value is -0.990. The molecule has 6 nitrogen and oxygen atoms in total. The summed E-state index contributed by atoms with van der Waals surface area (Å²) in [6.45, 7) is 8.75. The van der Waals surface area contributed by atoms with Crippen molar-refractivity contribution in [3.63, 3.8) is 0 Å². The normalized spacial score (nSPS) is 35.7. The molecule has 1 atom stereocenters. The highest BCUT2D eigenvalue weighted by Crippen LogP contribution is 2.51. The zero-order chi connectivity index (χ0) is 21.7. The highest BCUT2D eigenvalue weighted by atomic mass is 19.3. The average Bonchev–Trinajstić information content (AvgIpc) is 3.22. The summed E-state index contributed by atoms with van der Waals surface area (Å²) in [5, 5.41) is 10.4. The molecule has 4 rings (SSSR count). The molecule has 0 bridgehead atoms. The molecule has 0 aromatic carbocycles. The summed E-state index contributed by atoms with van der Waals surface area (Å²) in [7, 11) is 0. The third-order valence-corrected chi connectivity index (χ3v) is 7.91. The Labute approximate surface area is 178 Å². The Balaban J connectivity index is 1.27. The summed E-state index contributed by atoms with van der Waals surface area (Å²) in [4.78, 5) is 18.2. The van der Waals surface area contributed by atoms with Crippen molar-refractivity contribution in [1.29, 1.82) is 0 Å². The molecule has 0 aromatic rings. The molecule has 0 radical (unpaired) electrons. The van der Waals surface area contributed by atoms with E-state index in [1.54, 1.807) is 13.8 Å². The van der Waals surface area contributed by atoms with Crippen molar-refractivity contribution in [2.75, 3.05) is 39.3 Å². The van der Waals surface area contributed by atoms with Crippen LogP contribution in [0.2, 0.25) is 0 Å². The molecule has 1 amide bonds. The predicted molar refractivity (Wildman–Crippen MR) is 110 cm³/mol. The molecule has 3 aliphatic heterocycles. The van der Waals surface area contributed by atoms with Crippen molar-refractivity contribution >= 4 is 6.09 Å². The van der Waals surface area contributed by atoms with E-state index in [1.807, 2.05) is 16.7 Å². The van der Waals surface area contributed by atoms with Gasteiger partial charge in [-0.05, 0) is 71.4 Å². The topological polar surface area (TPSA) is 56.2 Å². The molecule has 3 heterocycles. The fraction of sp³-hybridized carbons (Fsp3) is 0.955. The van der Waals surface area contributed by atoms with Gasteiger partial charge in [0.15, 0.2) is 0 Å². The van der Waals surface area contributed by atoms with E-state index in [9.17, 15) is 18.7 Å². The molecule has 3 saturated heterocycles. The first-order valence-electron chi connectivity index (χ1n) is 11.5. The lowest BCUT2D eigenvalue weighted by atomic mass is 9.64. The number of amides is 1. The van der Waals surface area contributed by atoms with E-state index in [0.717, 1.165) is 58.3 Å². The SMILES string of the molecule is CCOC(=O)N1CCC2(CC(N3CCC(N4CC(F)(F)CC4C(C)(C)O)CC3)C2)C1. The number of alkyl halides is 2. The van der Waals surface area contributed by atoms with E-state index in [1.165, 1.54) is 0 Å². The van der Waals surface area contributed by atoms with Crippen molar-refractivity contribution in [3.8, 4) is 0 Å². The average molecular weight is 430 g/mol. The number of carbonyl (C=O) groups excluding carboxylic acids is 1. The Morgan fingerprint density at radius 2 is 1.77 bits per heavy atom. The number of rotatable bonds is 4. The van der Waals surface area contributed by atoms with Crippen LogP contribution in [0.1, 0.15) is 59.3 Å². The van der Waals surface area contributed by atoms with E-state index in [4.69, 9.17) is 4.74 Å². The summed E-state index contributed by atoms with van der Waals surface area (Å²) in [6, 6.07) is 0.174. The Bertz CT molecular complexity index is 640. The van der Waals surface area contributed by atoms with Gasteiger partial charge in [-0.25, -0.2) is 13.6 Å². The Morgan fingerprint density at radius 1 is 1.10 bits per heavy atom. The Kier molecular flexibility index (Phi) is 5.81. The highest BCUT2D eigenvalue weighted by molar-refractivity contribution is 5.68. The third kappa shape index (κ3) is 4.32. The summed E-state index contributed by atoms with van der Waals surface area (Å²) in [6.07, 6.45) is 4.58. The van der Waals surface area contributed by atoms with Crippen LogP contribution >= 0.6 is 0 Å². The summed E-state index contributed by atoms with van der Waals surface area (Å²) in [5.74, 6) is -2.71. The van der Waals surface area contributed by atoms with Gasteiger partial charge < -0.3 is 19.6 Å². The van der Waals surface area contributed by atoms with Gasteiger partial charge in [0.25, 0.3) is 5.92 Å². The van der Waals surface area contributed by atoms with Crippen LogP contribution in [0.3, 0.4) is 0 Å². The van der Waals surface area contributed by atoms with Gasteiger partial charge in [-0.2, -0.15) is 0 Å². The van der Waals surface area contributed by atoms with Gasteiger partial charge in [0, 0.05) is 37.6 Å². The number of likely N-dealkylation sites (tertiary alicyclic amines) is 3. The zero-order valence-electron chi connectivity index (χ0n) is 18.6. The first-order valence-corrected chi connectivity index (χ1v) is 11.5. The molecule has 1 spiro atoms. The molecular weight excluding hydrogens is 392 g/mol. The quantitative estimate of drug-likeness (QED) is 0.745. The van der Waals surface area contributed by atoms with E-state index in [-0.39, 0.29) is 30.5 Å². The predicted octanol–water partition coefficient (Wildman–Crippen LogP) is 2.94. The number of hydrogen-bond acceptors (Lipinski definition) is 5. The third-order valence-electron chi connectivity index (χ3n) is 7.91. The molecular formula is C22H37F2N3O3. The lowest BCUT2D eigenvalue weighted by Gasteiger charge is -2.52. The summed E-state index contributed by atoms with van der Waals surface area (Å²) >= 11 is 0. The molecule has 1 unspecified atom stereocenters. The fourth-order valence-corrected chi connectivity index (χ4v) is 6.30. The standard InChI is InChI=1S/C22H37F2N3O3/c1-4-30-19(28)26-10-7-21(14-26)11-17(12-21)25-8-5-16(6-9-25)27-15-22(23,24)13-18(27)20(2,3)29/h16-18,29H,4-15H2,1-3H3. The lowest BCUT2D eigenvalue weighted by molar-refractivity contribution is -0.0452. The van der Waals surface area contributed by atoms with Gasteiger partial charge in [-0.1, -0.05) is 0 Å². The van der Waals surface area contributed by atoms with Crippen molar-refractivity contribution in [3.05, 3.63) is 0 Å². The number of halogens is 2. The molecule has 8 heteroatoms. The minimum Gasteiger partial charge on any atom is -0.450 e. The monoisotopic (exact) mass is 429 g/mol. The van der Waals surface area contributed by atoms with E-state index >= 15 is 0 Å². The highest BCUT2D eigenvalue weighted by Gasteiger charge is 2.54. The molecule has 172 valence electrons. The number of ether oxygens (including phenoxy) is 1. The van der Waals surface area contributed by atoms with Crippen LogP contribution in [-0.2, 0) is 4.74 Å². The number of nitrogens with zero attached hydrogens (tertiary/aromatic N) is 3. The van der Waals surface area contributed by atoms with Crippen LogP contribution in [0, 0.1) is 5.41 Å². The number of aliphatic hydroxyl groups is 1. The van der Waals surface area contributed by atoms with E-state index in [0.29, 0.717) is 12.6 Å². The fourth-order valence-electron chi connectivity index (χ4n) is 6.30. The van der Waals surface area contributed by atoms with E-state index < -0.39 is 17.6 Å². The van der Waals surface area contributed by atoms with Crippen molar-refractivity contribution in [1.82, 2.24) is 14.7 Å². The molecule has 1 N–H and O–H groups in total. The van der Waals surface area contributed by atoms with E-state index in [2.05, 4.69) is 4.90 Å². The van der Waals surface area contributed by atoms with Crippen LogP contribution in [0.5, 0.6) is 0 Å². The first-order chi connectivity index (χ1) is 14.0. The summed E-state index contributed by atoms with van der Waals surface area (Å²) < 4.78 is 33.3. The van der Waals surface area contributed by atoms with Crippen molar-refractivity contribution in [2.45, 2.75) is 88.9 Å². The molecule has 30 heavy (non-hydrogen) atoms. The number of piperidine rings is 1. The Morgan fingerprint density at radius 3 is 2.37 bits per heavy atom.